The number of rotatable bonds is 7. The van der Waals surface area contributed by atoms with Crippen LogP contribution in [0.2, 0.25) is 0 Å². The van der Waals surface area contributed by atoms with Gasteiger partial charge in [0.1, 0.15) is 0 Å². The molecule has 6 nitrogen and oxygen atoms in total. The van der Waals surface area contributed by atoms with E-state index in [1.54, 1.807) is 6.20 Å². The maximum Gasteiger partial charge on any atom is 0.212 e. The molecular weight excluding hydrogens is 326 g/mol. The van der Waals surface area contributed by atoms with Gasteiger partial charge in [0.25, 0.3) is 0 Å². The Morgan fingerprint density at radius 1 is 1.21 bits per heavy atom. The quantitative estimate of drug-likeness (QED) is 0.786. The van der Waals surface area contributed by atoms with Crippen LogP contribution in [0.5, 0.6) is 0 Å². The third-order valence-corrected chi connectivity index (χ3v) is 5.87. The SMILES string of the molecule is O=S(=O)(CCc1ccccc1)N[C@@H]1CC(Cn2cccn2)C[C@H]1O. The van der Waals surface area contributed by atoms with Crippen LogP contribution in [0.4, 0.5) is 0 Å². The molecule has 0 amide bonds. The monoisotopic (exact) mass is 349 g/mol. The number of aliphatic hydroxyl groups is 1. The molecule has 0 spiro atoms. The predicted molar refractivity (Wildman–Crippen MR) is 91.8 cm³/mol. The molecule has 0 aliphatic heterocycles. The summed E-state index contributed by atoms with van der Waals surface area (Å²) >= 11 is 0. The Balaban J connectivity index is 1.52. The highest BCUT2D eigenvalue weighted by Crippen LogP contribution is 2.28. The zero-order valence-electron chi connectivity index (χ0n) is 13.5. The molecule has 3 rings (SSSR count). The minimum absolute atomic E-state index is 0.0318. The van der Waals surface area contributed by atoms with Crippen molar-refractivity contribution < 1.29 is 13.5 Å². The fourth-order valence-electron chi connectivity index (χ4n) is 3.25. The predicted octanol–water partition coefficient (Wildman–Crippen LogP) is 1.18. The van der Waals surface area contributed by atoms with Gasteiger partial charge >= 0.3 is 0 Å². The molecule has 2 N–H and O–H groups in total. The molecule has 1 unspecified atom stereocenters. The van der Waals surface area contributed by atoms with Crippen LogP contribution in [0.3, 0.4) is 0 Å². The van der Waals surface area contributed by atoms with Crippen LogP contribution in [-0.2, 0) is 23.0 Å². The summed E-state index contributed by atoms with van der Waals surface area (Å²) < 4.78 is 29.1. The first-order valence-corrected chi connectivity index (χ1v) is 9.86. The van der Waals surface area contributed by atoms with Gasteiger partial charge in [-0.15, -0.1) is 0 Å². The molecule has 1 aliphatic carbocycles. The number of aryl methyl sites for hydroxylation is 1. The van der Waals surface area contributed by atoms with E-state index in [9.17, 15) is 13.5 Å². The highest BCUT2D eigenvalue weighted by molar-refractivity contribution is 7.89. The van der Waals surface area contributed by atoms with Crippen LogP contribution in [-0.4, -0.2) is 41.2 Å². The maximum atomic E-state index is 12.3. The van der Waals surface area contributed by atoms with E-state index in [2.05, 4.69) is 9.82 Å². The minimum atomic E-state index is -3.41. The number of sulfonamides is 1. The molecule has 1 aromatic carbocycles. The number of nitrogens with one attached hydrogen (secondary N) is 1. The zero-order chi connectivity index (χ0) is 17.0. The molecule has 1 saturated carbocycles. The van der Waals surface area contributed by atoms with Gasteiger partial charge < -0.3 is 5.11 Å². The lowest BCUT2D eigenvalue weighted by molar-refractivity contribution is 0.154. The molecule has 1 aliphatic rings. The second-order valence-electron chi connectivity index (χ2n) is 6.41. The second kappa shape index (κ2) is 7.46. The van der Waals surface area contributed by atoms with E-state index in [0.29, 0.717) is 25.8 Å². The van der Waals surface area contributed by atoms with Gasteiger partial charge in [0.05, 0.1) is 11.9 Å². The first-order chi connectivity index (χ1) is 11.5. The fourth-order valence-corrected chi connectivity index (χ4v) is 4.59. The average molecular weight is 349 g/mol. The van der Waals surface area contributed by atoms with E-state index < -0.39 is 22.2 Å². The topological polar surface area (TPSA) is 84.2 Å². The van der Waals surface area contributed by atoms with Gasteiger partial charge in [-0.2, -0.15) is 5.10 Å². The number of benzene rings is 1. The Morgan fingerprint density at radius 2 is 2.00 bits per heavy atom. The summed E-state index contributed by atoms with van der Waals surface area (Å²) in [6.45, 7) is 0.701. The van der Waals surface area contributed by atoms with E-state index in [1.165, 1.54) is 0 Å². The number of aliphatic hydroxyl groups excluding tert-OH is 1. The van der Waals surface area contributed by atoms with Crippen LogP contribution >= 0.6 is 0 Å². The normalized spacial score (nSPS) is 24.3. The Morgan fingerprint density at radius 3 is 2.71 bits per heavy atom. The summed E-state index contributed by atoms with van der Waals surface area (Å²) in [6, 6.07) is 11.0. The van der Waals surface area contributed by atoms with Crippen LogP contribution in [0.25, 0.3) is 0 Å². The van der Waals surface area contributed by atoms with Gasteiger partial charge in [-0.1, -0.05) is 30.3 Å². The first kappa shape index (κ1) is 17.1. The summed E-state index contributed by atoms with van der Waals surface area (Å²) in [6.07, 6.45) is 4.64. The van der Waals surface area contributed by atoms with Gasteiger partial charge in [-0.05, 0) is 36.8 Å². The molecule has 130 valence electrons. The molecule has 2 aromatic rings. The standard InChI is InChI=1S/C17H23N3O3S/c21-17-12-15(13-20-9-4-8-18-20)11-16(17)19-24(22,23)10-7-14-5-2-1-3-6-14/h1-6,8-9,15-17,19,21H,7,10-13H2/t15?,16-,17-/m1/s1. The molecule has 24 heavy (non-hydrogen) atoms. The minimum Gasteiger partial charge on any atom is -0.391 e. The summed E-state index contributed by atoms with van der Waals surface area (Å²) in [5, 5.41) is 14.3. The van der Waals surface area contributed by atoms with Crippen LogP contribution < -0.4 is 4.72 Å². The molecule has 7 heteroatoms. The van der Waals surface area contributed by atoms with Gasteiger partial charge in [-0.3, -0.25) is 4.68 Å². The molecule has 1 fully saturated rings. The molecule has 0 bridgehead atoms. The zero-order valence-corrected chi connectivity index (χ0v) is 14.3. The van der Waals surface area contributed by atoms with Crippen molar-refractivity contribution in [1.82, 2.24) is 14.5 Å². The van der Waals surface area contributed by atoms with Gasteiger partial charge in [-0.25, -0.2) is 13.1 Å². The second-order valence-corrected chi connectivity index (χ2v) is 8.29. The Labute approximate surface area is 142 Å². The molecular formula is C17H23N3O3S. The summed E-state index contributed by atoms with van der Waals surface area (Å²) in [5.74, 6) is 0.256. The average Bonchev–Trinajstić information content (AvgIpc) is 3.17. The van der Waals surface area contributed by atoms with E-state index >= 15 is 0 Å². The Kier molecular flexibility index (Phi) is 5.33. The number of aromatic nitrogens is 2. The third kappa shape index (κ3) is 4.66. The largest absolute Gasteiger partial charge is 0.391 e. The van der Waals surface area contributed by atoms with Gasteiger partial charge in [0, 0.05) is 25.0 Å². The van der Waals surface area contributed by atoms with Gasteiger partial charge in [0.15, 0.2) is 0 Å². The van der Waals surface area contributed by atoms with Crippen LogP contribution in [0, 0.1) is 5.92 Å². The van der Waals surface area contributed by atoms with Crippen molar-refractivity contribution in [2.45, 2.75) is 38.0 Å². The van der Waals surface area contributed by atoms with Crippen molar-refractivity contribution in [3.63, 3.8) is 0 Å². The third-order valence-electron chi connectivity index (χ3n) is 4.46. The van der Waals surface area contributed by atoms with E-state index in [0.717, 1.165) is 5.56 Å². The van der Waals surface area contributed by atoms with Gasteiger partial charge in [0.2, 0.25) is 10.0 Å². The lowest BCUT2D eigenvalue weighted by Crippen LogP contribution is -2.41. The van der Waals surface area contributed by atoms with Crippen molar-refractivity contribution in [2.24, 2.45) is 5.92 Å². The Bertz CT molecular complexity index is 732. The van der Waals surface area contributed by atoms with Crippen molar-refractivity contribution in [1.29, 1.82) is 0 Å². The highest BCUT2D eigenvalue weighted by atomic mass is 32.2. The number of nitrogens with zero attached hydrogens (tertiary/aromatic N) is 2. The first-order valence-electron chi connectivity index (χ1n) is 8.21. The van der Waals surface area contributed by atoms with Crippen LogP contribution in [0.1, 0.15) is 18.4 Å². The van der Waals surface area contributed by atoms with E-state index in [4.69, 9.17) is 0 Å². The summed E-state index contributed by atoms with van der Waals surface area (Å²) in [5.41, 5.74) is 0.992. The van der Waals surface area contributed by atoms with Crippen molar-refractivity contribution in [3.05, 3.63) is 54.4 Å². The van der Waals surface area contributed by atoms with Crippen molar-refractivity contribution >= 4 is 10.0 Å². The van der Waals surface area contributed by atoms with Crippen molar-refractivity contribution in [3.8, 4) is 0 Å². The summed E-state index contributed by atoms with van der Waals surface area (Å²) in [4.78, 5) is 0. The molecule has 1 heterocycles. The van der Waals surface area contributed by atoms with Crippen molar-refractivity contribution in [2.75, 3.05) is 5.75 Å². The fraction of sp³-hybridized carbons (Fsp3) is 0.471. The smallest absolute Gasteiger partial charge is 0.212 e. The Hall–Kier alpha value is -1.70. The number of hydrogen-bond acceptors (Lipinski definition) is 4. The summed E-state index contributed by atoms with van der Waals surface area (Å²) in [7, 11) is -3.41. The molecule has 0 saturated heterocycles. The molecule has 3 atom stereocenters. The lowest BCUT2D eigenvalue weighted by Gasteiger charge is -2.16. The lowest BCUT2D eigenvalue weighted by atomic mass is 10.1. The van der Waals surface area contributed by atoms with Crippen LogP contribution in [0.15, 0.2) is 48.8 Å². The number of hydrogen-bond donors (Lipinski definition) is 2. The highest BCUT2D eigenvalue weighted by Gasteiger charge is 2.35. The molecule has 1 aromatic heterocycles. The maximum absolute atomic E-state index is 12.3. The van der Waals surface area contributed by atoms with E-state index in [1.807, 2.05) is 47.3 Å². The molecule has 0 radical (unpaired) electrons. The van der Waals surface area contributed by atoms with E-state index in [-0.39, 0.29) is 11.7 Å².